The molecule has 0 aliphatic carbocycles. The largest absolute Gasteiger partial charge is 0.313 e. The van der Waals surface area contributed by atoms with E-state index in [0.29, 0.717) is 9.37 Å². The number of likely N-dealkylation sites (N-methyl/N-ethyl adjacent to an activating group) is 1. The van der Waals surface area contributed by atoms with Gasteiger partial charge in [0.1, 0.15) is 0 Å². The minimum absolute atomic E-state index is 0.0632. The third-order valence-corrected chi connectivity index (χ3v) is 5.91. The molecule has 1 N–H and O–H groups in total. The number of aryl methyl sites for hydroxylation is 1. The molecule has 0 unspecified atom stereocenters. The second-order valence-electron chi connectivity index (χ2n) is 4.27. The molecule has 1 saturated heterocycles. The van der Waals surface area contributed by atoms with Crippen LogP contribution in [0, 0.1) is 6.92 Å². The maximum atomic E-state index is 12.4. The fraction of sp³-hybridized carbons (Fsp3) is 0.455. The van der Waals surface area contributed by atoms with Gasteiger partial charge in [0.25, 0.3) is 0 Å². The van der Waals surface area contributed by atoms with E-state index in [1.807, 2.05) is 19.1 Å². The van der Waals surface area contributed by atoms with Crippen molar-refractivity contribution in [2.24, 2.45) is 0 Å². The molecule has 1 aromatic rings. The first kappa shape index (κ1) is 13.0. The van der Waals surface area contributed by atoms with Gasteiger partial charge in [0.2, 0.25) is 10.0 Å². The molecule has 94 valence electrons. The lowest BCUT2D eigenvalue weighted by Crippen LogP contribution is -2.57. The molecule has 0 spiro atoms. The highest BCUT2D eigenvalue weighted by Gasteiger charge is 2.32. The molecule has 1 heterocycles. The Bertz CT molecular complexity index is 526. The summed E-state index contributed by atoms with van der Waals surface area (Å²) in [6.07, 6.45) is 0. The Kier molecular flexibility index (Phi) is 3.58. The van der Waals surface area contributed by atoms with Crippen LogP contribution in [0.15, 0.2) is 27.6 Å². The summed E-state index contributed by atoms with van der Waals surface area (Å²) in [5, 5.41) is 3.07. The van der Waals surface area contributed by atoms with Crippen LogP contribution < -0.4 is 5.32 Å². The van der Waals surface area contributed by atoms with Crippen molar-refractivity contribution >= 4 is 26.0 Å². The molecule has 1 aromatic carbocycles. The Morgan fingerprint density at radius 1 is 1.41 bits per heavy atom. The van der Waals surface area contributed by atoms with E-state index in [0.717, 1.165) is 18.7 Å². The van der Waals surface area contributed by atoms with Gasteiger partial charge in [0, 0.05) is 30.7 Å². The van der Waals surface area contributed by atoms with Crippen LogP contribution in [0.3, 0.4) is 0 Å². The summed E-state index contributed by atoms with van der Waals surface area (Å²) >= 11 is 3.32. The molecule has 0 bridgehead atoms. The zero-order valence-corrected chi connectivity index (χ0v) is 12.2. The van der Waals surface area contributed by atoms with Gasteiger partial charge in [-0.1, -0.05) is 6.07 Å². The van der Waals surface area contributed by atoms with Crippen molar-refractivity contribution in [3.8, 4) is 0 Å². The van der Waals surface area contributed by atoms with Crippen molar-refractivity contribution in [2.45, 2.75) is 17.9 Å². The molecular weight excluding hydrogens is 304 g/mol. The van der Waals surface area contributed by atoms with Crippen LogP contribution in [-0.2, 0) is 10.0 Å². The Balaban J connectivity index is 2.36. The van der Waals surface area contributed by atoms with Crippen LogP contribution in [-0.4, -0.2) is 38.9 Å². The summed E-state index contributed by atoms with van der Waals surface area (Å²) in [6.45, 7) is 3.37. The SMILES string of the molecule is Cc1ccc(S(=O)(=O)N(C)C2CNC2)c(Br)c1. The smallest absolute Gasteiger partial charge is 0.244 e. The number of hydrogen-bond acceptors (Lipinski definition) is 3. The molecule has 4 nitrogen and oxygen atoms in total. The fourth-order valence-electron chi connectivity index (χ4n) is 1.70. The highest BCUT2D eigenvalue weighted by atomic mass is 79.9. The second-order valence-corrected chi connectivity index (χ2v) is 7.09. The summed E-state index contributed by atoms with van der Waals surface area (Å²) in [4.78, 5) is 0.331. The number of nitrogens with zero attached hydrogens (tertiary/aromatic N) is 1. The van der Waals surface area contributed by atoms with Gasteiger partial charge < -0.3 is 5.32 Å². The van der Waals surface area contributed by atoms with E-state index in [1.54, 1.807) is 13.1 Å². The third-order valence-electron chi connectivity index (χ3n) is 3.02. The maximum Gasteiger partial charge on any atom is 0.244 e. The quantitative estimate of drug-likeness (QED) is 0.915. The van der Waals surface area contributed by atoms with Crippen molar-refractivity contribution in [3.05, 3.63) is 28.2 Å². The summed E-state index contributed by atoms with van der Waals surface area (Å²) in [7, 11) is -1.77. The first-order valence-electron chi connectivity index (χ1n) is 5.38. The monoisotopic (exact) mass is 318 g/mol. The predicted molar refractivity (Wildman–Crippen MR) is 70.5 cm³/mol. The van der Waals surface area contributed by atoms with E-state index in [9.17, 15) is 8.42 Å². The number of hydrogen-bond donors (Lipinski definition) is 1. The zero-order valence-electron chi connectivity index (χ0n) is 9.77. The summed E-state index contributed by atoms with van der Waals surface area (Å²) < 4.78 is 26.8. The molecule has 0 atom stereocenters. The first-order chi connectivity index (χ1) is 7.93. The van der Waals surface area contributed by atoms with E-state index >= 15 is 0 Å². The van der Waals surface area contributed by atoms with Gasteiger partial charge in [-0.3, -0.25) is 0 Å². The van der Waals surface area contributed by atoms with Crippen LogP contribution in [0.1, 0.15) is 5.56 Å². The average Bonchev–Trinajstić information content (AvgIpc) is 2.13. The number of benzene rings is 1. The van der Waals surface area contributed by atoms with Gasteiger partial charge in [-0.2, -0.15) is 4.31 Å². The van der Waals surface area contributed by atoms with Crippen molar-refractivity contribution in [2.75, 3.05) is 20.1 Å². The summed E-state index contributed by atoms with van der Waals surface area (Å²) in [5.74, 6) is 0. The van der Waals surface area contributed by atoms with Crippen molar-refractivity contribution in [3.63, 3.8) is 0 Å². The van der Waals surface area contributed by atoms with Crippen molar-refractivity contribution in [1.29, 1.82) is 0 Å². The fourth-order valence-corrected chi connectivity index (χ4v) is 4.20. The van der Waals surface area contributed by atoms with Crippen LogP contribution in [0.4, 0.5) is 0 Å². The highest BCUT2D eigenvalue weighted by molar-refractivity contribution is 9.10. The van der Waals surface area contributed by atoms with Gasteiger partial charge in [0.05, 0.1) is 4.90 Å². The molecule has 1 aliphatic heterocycles. The van der Waals surface area contributed by atoms with Crippen LogP contribution in [0.2, 0.25) is 0 Å². The van der Waals surface area contributed by atoms with E-state index in [-0.39, 0.29) is 6.04 Å². The van der Waals surface area contributed by atoms with Gasteiger partial charge in [-0.15, -0.1) is 0 Å². The Morgan fingerprint density at radius 3 is 2.53 bits per heavy atom. The Morgan fingerprint density at radius 2 is 2.06 bits per heavy atom. The molecule has 1 fully saturated rings. The van der Waals surface area contributed by atoms with Crippen LogP contribution in [0.25, 0.3) is 0 Å². The standard InChI is InChI=1S/C11H15BrN2O2S/c1-8-3-4-11(10(12)5-8)17(15,16)14(2)9-6-13-7-9/h3-5,9,13H,6-7H2,1-2H3. The van der Waals surface area contributed by atoms with Gasteiger partial charge in [-0.25, -0.2) is 8.42 Å². The molecule has 0 amide bonds. The lowest BCUT2D eigenvalue weighted by Gasteiger charge is -2.34. The van der Waals surface area contributed by atoms with E-state index in [2.05, 4.69) is 21.2 Å². The van der Waals surface area contributed by atoms with E-state index in [1.165, 1.54) is 4.31 Å². The molecule has 17 heavy (non-hydrogen) atoms. The summed E-state index contributed by atoms with van der Waals surface area (Å²) in [5.41, 5.74) is 1.03. The lowest BCUT2D eigenvalue weighted by molar-refractivity contribution is 0.274. The van der Waals surface area contributed by atoms with Gasteiger partial charge in [-0.05, 0) is 40.5 Å². The predicted octanol–water partition coefficient (Wildman–Crippen LogP) is 1.35. The third kappa shape index (κ3) is 2.40. The molecule has 2 rings (SSSR count). The Labute approximate surface area is 110 Å². The molecule has 0 aromatic heterocycles. The zero-order chi connectivity index (χ0) is 12.6. The molecule has 1 aliphatic rings. The Hall–Kier alpha value is -0.430. The highest BCUT2D eigenvalue weighted by Crippen LogP contribution is 2.26. The van der Waals surface area contributed by atoms with Gasteiger partial charge in [0.15, 0.2) is 0 Å². The topological polar surface area (TPSA) is 49.4 Å². The number of sulfonamides is 1. The number of halogens is 1. The first-order valence-corrected chi connectivity index (χ1v) is 7.61. The summed E-state index contributed by atoms with van der Waals surface area (Å²) in [6, 6.07) is 5.34. The van der Waals surface area contributed by atoms with Gasteiger partial charge >= 0.3 is 0 Å². The number of nitrogens with one attached hydrogen (secondary N) is 1. The lowest BCUT2D eigenvalue weighted by atomic mass is 10.2. The van der Waals surface area contributed by atoms with Crippen molar-refractivity contribution in [1.82, 2.24) is 9.62 Å². The average molecular weight is 319 g/mol. The minimum atomic E-state index is -3.40. The van der Waals surface area contributed by atoms with E-state index in [4.69, 9.17) is 0 Å². The molecule has 6 heteroatoms. The molecular formula is C11H15BrN2O2S. The van der Waals surface area contributed by atoms with Crippen LogP contribution >= 0.6 is 15.9 Å². The maximum absolute atomic E-state index is 12.4. The van der Waals surface area contributed by atoms with Crippen molar-refractivity contribution < 1.29 is 8.42 Å². The molecule has 0 saturated carbocycles. The minimum Gasteiger partial charge on any atom is -0.313 e. The normalized spacial score (nSPS) is 17.2. The molecule has 0 radical (unpaired) electrons. The number of rotatable bonds is 3. The second kappa shape index (κ2) is 4.68. The van der Waals surface area contributed by atoms with Crippen LogP contribution in [0.5, 0.6) is 0 Å². The van der Waals surface area contributed by atoms with E-state index < -0.39 is 10.0 Å².